The summed E-state index contributed by atoms with van der Waals surface area (Å²) in [6.07, 6.45) is -0.463. The van der Waals surface area contributed by atoms with E-state index >= 15 is 0 Å². The van der Waals surface area contributed by atoms with Gasteiger partial charge in [0, 0.05) is 6.54 Å². The van der Waals surface area contributed by atoms with E-state index in [1.807, 2.05) is 34.9 Å². The molecule has 1 fully saturated rings. The van der Waals surface area contributed by atoms with Gasteiger partial charge in [-0.1, -0.05) is 42.0 Å². The fourth-order valence-electron chi connectivity index (χ4n) is 4.62. The molecule has 34 heavy (non-hydrogen) atoms. The van der Waals surface area contributed by atoms with E-state index in [9.17, 15) is 18.3 Å². The average Bonchev–Trinajstić information content (AvgIpc) is 3.38. The van der Waals surface area contributed by atoms with Crippen molar-refractivity contribution in [3.63, 3.8) is 0 Å². The van der Waals surface area contributed by atoms with Crippen LogP contribution in [0.5, 0.6) is 0 Å². The van der Waals surface area contributed by atoms with Gasteiger partial charge in [-0.15, -0.1) is 10.2 Å². The first-order valence-electron chi connectivity index (χ1n) is 11.2. The van der Waals surface area contributed by atoms with Crippen LogP contribution < -0.4 is 5.32 Å². The second kappa shape index (κ2) is 9.48. The second-order valence-electron chi connectivity index (χ2n) is 9.14. The van der Waals surface area contributed by atoms with E-state index in [1.165, 1.54) is 0 Å². The Morgan fingerprint density at radius 3 is 2.41 bits per heavy atom. The molecule has 0 aliphatic carbocycles. The lowest BCUT2D eigenvalue weighted by Gasteiger charge is -2.47. The predicted octanol–water partition coefficient (Wildman–Crippen LogP) is 4.35. The van der Waals surface area contributed by atoms with E-state index in [0.29, 0.717) is 30.5 Å². The van der Waals surface area contributed by atoms with Gasteiger partial charge in [-0.3, -0.25) is 0 Å². The Labute approximate surface area is 196 Å². The number of piperidine rings is 1. The molecule has 0 saturated carbocycles. The summed E-state index contributed by atoms with van der Waals surface area (Å²) in [5, 5.41) is 21.5. The van der Waals surface area contributed by atoms with E-state index in [1.54, 1.807) is 32.6 Å². The molecule has 1 aliphatic rings. The Bertz CT molecular complexity index is 1080. The largest absolute Gasteiger partial charge is 0.416 e. The van der Waals surface area contributed by atoms with Crippen molar-refractivity contribution in [1.82, 2.24) is 20.1 Å². The van der Waals surface area contributed by atoms with Crippen LogP contribution in [0.2, 0.25) is 0 Å². The smallest absolute Gasteiger partial charge is 0.394 e. The summed E-state index contributed by atoms with van der Waals surface area (Å²) in [6, 6.07) is 13.9. The number of ether oxygens (including phenoxy) is 1. The molecule has 0 radical (unpaired) electrons. The first-order valence-corrected chi connectivity index (χ1v) is 11.2. The number of alkyl halides is 3. The first kappa shape index (κ1) is 24.4. The van der Waals surface area contributed by atoms with Gasteiger partial charge in [0.15, 0.2) is 0 Å². The van der Waals surface area contributed by atoms with Crippen molar-refractivity contribution >= 4 is 0 Å². The van der Waals surface area contributed by atoms with E-state index in [4.69, 9.17) is 4.74 Å². The van der Waals surface area contributed by atoms with Crippen LogP contribution in [-0.4, -0.2) is 39.6 Å². The van der Waals surface area contributed by atoms with Gasteiger partial charge in [-0.2, -0.15) is 13.2 Å². The number of aliphatic hydroxyl groups is 1. The minimum Gasteiger partial charge on any atom is -0.394 e. The number of hydrogen-bond donors (Lipinski definition) is 2. The van der Waals surface area contributed by atoms with Crippen molar-refractivity contribution < 1.29 is 23.0 Å². The lowest BCUT2D eigenvalue weighted by Crippen LogP contribution is -2.60. The fraction of sp³-hybridized carbons (Fsp3) is 0.440. The summed E-state index contributed by atoms with van der Waals surface area (Å²) in [7, 11) is 0. The molecule has 6 nitrogen and oxygen atoms in total. The van der Waals surface area contributed by atoms with Crippen molar-refractivity contribution in [2.75, 3.05) is 19.8 Å². The number of nitrogens with one attached hydrogen (secondary N) is 1. The van der Waals surface area contributed by atoms with Gasteiger partial charge in [0.1, 0.15) is 12.7 Å². The SMILES string of the molecule is Cc1cc(C(C)OC[C@@]2(c3ccccc3)CC[C@@](CO)(n3cnnc3)CN2)cc(C(F)(F)F)c1. The van der Waals surface area contributed by atoms with E-state index in [0.717, 1.165) is 17.7 Å². The molecule has 182 valence electrons. The van der Waals surface area contributed by atoms with Gasteiger partial charge in [-0.25, -0.2) is 0 Å². The number of aromatic nitrogens is 3. The van der Waals surface area contributed by atoms with E-state index < -0.39 is 28.9 Å². The molecule has 2 N–H and O–H groups in total. The molecule has 3 atom stereocenters. The van der Waals surface area contributed by atoms with Gasteiger partial charge in [-0.05, 0) is 49.9 Å². The van der Waals surface area contributed by atoms with Gasteiger partial charge in [0.05, 0.1) is 36.0 Å². The van der Waals surface area contributed by atoms with Gasteiger partial charge >= 0.3 is 6.18 Å². The zero-order valence-corrected chi connectivity index (χ0v) is 19.2. The van der Waals surface area contributed by atoms with Crippen LogP contribution in [0.4, 0.5) is 13.2 Å². The summed E-state index contributed by atoms with van der Waals surface area (Å²) in [5.41, 5.74) is 0.242. The van der Waals surface area contributed by atoms with Crippen molar-refractivity contribution in [1.29, 1.82) is 0 Å². The molecular weight excluding hydrogens is 445 g/mol. The molecule has 1 unspecified atom stereocenters. The summed E-state index contributed by atoms with van der Waals surface area (Å²) in [6.45, 7) is 4.06. The highest BCUT2D eigenvalue weighted by atomic mass is 19.4. The highest BCUT2D eigenvalue weighted by Crippen LogP contribution is 2.39. The fourth-order valence-corrected chi connectivity index (χ4v) is 4.62. The normalized spacial score (nSPS) is 24.2. The summed E-state index contributed by atoms with van der Waals surface area (Å²) >= 11 is 0. The number of nitrogens with zero attached hydrogens (tertiary/aromatic N) is 3. The Morgan fingerprint density at radius 2 is 1.82 bits per heavy atom. The maximum Gasteiger partial charge on any atom is 0.416 e. The third kappa shape index (κ3) is 4.87. The van der Waals surface area contributed by atoms with Crippen molar-refractivity contribution in [3.05, 3.63) is 83.4 Å². The third-order valence-electron chi connectivity index (χ3n) is 6.84. The van der Waals surface area contributed by atoms with Crippen LogP contribution >= 0.6 is 0 Å². The molecule has 1 saturated heterocycles. The average molecular weight is 475 g/mol. The molecule has 3 aromatic rings. The molecule has 4 rings (SSSR count). The van der Waals surface area contributed by atoms with Gasteiger partial charge < -0.3 is 19.7 Å². The van der Waals surface area contributed by atoms with Crippen molar-refractivity contribution in [2.24, 2.45) is 0 Å². The molecule has 0 bridgehead atoms. The first-order chi connectivity index (χ1) is 16.2. The molecule has 9 heteroatoms. The summed E-state index contributed by atoms with van der Waals surface area (Å²) in [5.74, 6) is 0. The lowest BCUT2D eigenvalue weighted by molar-refractivity contribution is -0.137. The standard InChI is InChI=1S/C25H29F3N4O2/c1-18-10-20(12-22(11-18)25(26,27)28)19(2)34-15-24(21-6-4-3-5-7-21)9-8-23(14-33,13-29-24)32-16-30-31-17-32/h3-7,10-12,16-17,19,29,33H,8-9,13-15H2,1-2H3/t19?,23-,24-/m1/s1. The molecule has 0 amide bonds. The number of halogens is 3. The Balaban J connectivity index is 1.57. The lowest BCUT2D eigenvalue weighted by atomic mass is 9.76. The number of aliphatic hydroxyl groups excluding tert-OH is 1. The molecule has 1 aromatic heterocycles. The van der Waals surface area contributed by atoms with Gasteiger partial charge in [0.2, 0.25) is 0 Å². The zero-order valence-electron chi connectivity index (χ0n) is 19.2. The maximum absolute atomic E-state index is 13.3. The molecule has 0 spiro atoms. The minimum absolute atomic E-state index is 0.0797. The highest BCUT2D eigenvalue weighted by molar-refractivity contribution is 5.32. The monoisotopic (exact) mass is 474 g/mol. The van der Waals surface area contributed by atoms with Crippen molar-refractivity contribution in [2.45, 2.75) is 50.0 Å². The highest BCUT2D eigenvalue weighted by Gasteiger charge is 2.45. The topological polar surface area (TPSA) is 72.2 Å². The Morgan fingerprint density at radius 1 is 1.12 bits per heavy atom. The van der Waals surface area contributed by atoms with E-state index in [-0.39, 0.29) is 13.2 Å². The van der Waals surface area contributed by atoms with Crippen LogP contribution in [0.3, 0.4) is 0 Å². The number of benzene rings is 2. The van der Waals surface area contributed by atoms with Crippen LogP contribution in [0.1, 0.15) is 48.1 Å². The number of rotatable bonds is 7. The summed E-state index contributed by atoms with van der Waals surface area (Å²) < 4.78 is 48.0. The van der Waals surface area contributed by atoms with Crippen LogP contribution in [0, 0.1) is 6.92 Å². The van der Waals surface area contributed by atoms with Gasteiger partial charge in [0.25, 0.3) is 0 Å². The summed E-state index contributed by atoms with van der Waals surface area (Å²) in [4.78, 5) is 0. The quantitative estimate of drug-likeness (QED) is 0.533. The second-order valence-corrected chi connectivity index (χ2v) is 9.14. The molecule has 2 aromatic carbocycles. The predicted molar refractivity (Wildman–Crippen MR) is 121 cm³/mol. The third-order valence-corrected chi connectivity index (χ3v) is 6.84. The van der Waals surface area contributed by atoms with Crippen LogP contribution in [0.15, 0.2) is 61.2 Å². The maximum atomic E-state index is 13.3. The number of hydrogen-bond acceptors (Lipinski definition) is 5. The molecule has 1 aliphatic heterocycles. The van der Waals surface area contributed by atoms with E-state index in [2.05, 4.69) is 15.5 Å². The number of aryl methyl sites for hydroxylation is 1. The van der Waals surface area contributed by atoms with Crippen molar-refractivity contribution in [3.8, 4) is 0 Å². The zero-order chi connectivity index (χ0) is 24.4. The Hall–Kier alpha value is -2.75. The van der Waals surface area contributed by atoms with Crippen LogP contribution in [-0.2, 0) is 22.0 Å². The minimum atomic E-state index is -4.41. The molecule has 2 heterocycles. The van der Waals surface area contributed by atoms with Crippen LogP contribution in [0.25, 0.3) is 0 Å². The Kier molecular flexibility index (Phi) is 6.80. The molecular formula is C25H29F3N4O2.